The Morgan fingerprint density at radius 1 is 0.900 bits per heavy atom. The normalized spacial score (nSPS) is 10.5. The van der Waals surface area contributed by atoms with E-state index in [1.807, 2.05) is 35.6 Å². The van der Waals surface area contributed by atoms with Gasteiger partial charge in [0.05, 0.1) is 0 Å². The number of hydrogen-bond donors (Lipinski definition) is 1. The molecule has 2 aromatic carbocycles. The fraction of sp³-hybridized carbons (Fsp3) is 0.125. The Kier molecular flexibility index (Phi) is 3.48. The van der Waals surface area contributed by atoms with Gasteiger partial charge in [0.25, 0.3) is 0 Å². The number of fused-ring (bicyclic) bond motifs is 2. The van der Waals surface area contributed by atoms with Crippen LogP contribution in [0.15, 0.2) is 48.5 Å². The van der Waals surface area contributed by atoms with Gasteiger partial charge in [-0.3, -0.25) is 0 Å². The van der Waals surface area contributed by atoms with Gasteiger partial charge < -0.3 is 0 Å². The first-order valence-electron chi connectivity index (χ1n) is 6.45. The summed E-state index contributed by atoms with van der Waals surface area (Å²) in [5.74, 6) is 0. The Morgan fingerprint density at radius 3 is 2.30 bits per heavy atom. The summed E-state index contributed by atoms with van der Waals surface area (Å²) in [5.41, 5.74) is 3.18. The molecule has 1 N–H and O–H groups in total. The molecule has 100 valence electrons. The number of aryl methyl sites for hydroxylation is 2. The van der Waals surface area contributed by atoms with Gasteiger partial charge in [0.1, 0.15) is 11.0 Å². The van der Waals surface area contributed by atoms with E-state index >= 15 is 0 Å². The molecule has 0 spiro atoms. The van der Waals surface area contributed by atoms with Crippen LogP contribution in [0.25, 0.3) is 21.1 Å². The van der Waals surface area contributed by atoms with Crippen molar-refractivity contribution in [2.45, 2.75) is 13.8 Å². The molecule has 4 heteroatoms. The Bertz CT molecular complexity index is 815. The number of nitrogens with one attached hydrogen (secondary N) is 1. The summed E-state index contributed by atoms with van der Waals surface area (Å²) >= 11 is 1.87. The molecule has 0 bridgehead atoms. The number of aromatic amines is 1. The number of H-pyrrole nitrogens is 1. The molecule has 2 aromatic heterocycles. The molecule has 3 nitrogen and oxygen atoms in total. The van der Waals surface area contributed by atoms with Crippen LogP contribution in [0, 0.1) is 13.8 Å². The van der Waals surface area contributed by atoms with E-state index in [9.17, 15) is 0 Å². The molecule has 0 radical (unpaired) electrons. The highest BCUT2D eigenvalue weighted by Gasteiger charge is 1.96. The molecule has 0 aliphatic rings. The van der Waals surface area contributed by atoms with Crippen molar-refractivity contribution in [3.8, 4) is 0 Å². The quantitative estimate of drug-likeness (QED) is 0.516. The number of nitrogens with zero attached hydrogens (tertiary/aromatic N) is 2. The zero-order valence-electron chi connectivity index (χ0n) is 11.4. The van der Waals surface area contributed by atoms with Crippen LogP contribution in [-0.4, -0.2) is 15.4 Å². The van der Waals surface area contributed by atoms with E-state index in [0.717, 1.165) is 11.0 Å². The largest absolute Gasteiger partial charge is 0.197 e. The molecule has 4 rings (SSSR count). The van der Waals surface area contributed by atoms with Crippen LogP contribution in [0.5, 0.6) is 0 Å². The van der Waals surface area contributed by atoms with Gasteiger partial charge in [0.2, 0.25) is 0 Å². The maximum absolute atomic E-state index is 3.88. The van der Waals surface area contributed by atoms with Crippen LogP contribution >= 0.6 is 11.3 Å². The predicted octanol–water partition coefficient (Wildman–Crippen LogP) is 4.48. The van der Waals surface area contributed by atoms with Crippen LogP contribution in [0.3, 0.4) is 0 Å². The van der Waals surface area contributed by atoms with Crippen molar-refractivity contribution in [3.05, 3.63) is 59.0 Å². The second-order valence-electron chi connectivity index (χ2n) is 4.71. The molecule has 0 saturated carbocycles. The smallest absolute Gasteiger partial charge is 0.112 e. The average molecular weight is 281 g/mol. The molecule has 0 fully saturated rings. The van der Waals surface area contributed by atoms with Crippen LogP contribution in [-0.2, 0) is 0 Å². The van der Waals surface area contributed by atoms with Crippen molar-refractivity contribution in [1.82, 2.24) is 15.4 Å². The van der Waals surface area contributed by atoms with E-state index in [2.05, 4.69) is 53.5 Å². The minimum Gasteiger partial charge on any atom is -0.197 e. The molecule has 0 saturated heterocycles. The predicted molar refractivity (Wildman–Crippen MR) is 85.2 cm³/mol. The highest BCUT2D eigenvalue weighted by atomic mass is 32.1. The Morgan fingerprint density at radius 2 is 1.60 bits per heavy atom. The number of thiophene rings is 1. The second-order valence-corrected chi connectivity index (χ2v) is 6.00. The van der Waals surface area contributed by atoms with Crippen LogP contribution in [0.4, 0.5) is 0 Å². The average Bonchev–Trinajstić information content (AvgIpc) is 3.04. The van der Waals surface area contributed by atoms with Crippen LogP contribution in [0.2, 0.25) is 0 Å². The third-order valence-electron chi connectivity index (χ3n) is 3.02. The van der Waals surface area contributed by atoms with Gasteiger partial charge in [-0.05, 0) is 49.1 Å². The Labute approximate surface area is 121 Å². The van der Waals surface area contributed by atoms with Crippen molar-refractivity contribution in [2.24, 2.45) is 0 Å². The molecule has 20 heavy (non-hydrogen) atoms. The van der Waals surface area contributed by atoms with Gasteiger partial charge >= 0.3 is 0 Å². The summed E-state index contributed by atoms with van der Waals surface area (Å²) in [7, 11) is 0. The van der Waals surface area contributed by atoms with Crippen molar-refractivity contribution < 1.29 is 0 Å². The van der Waals surface area contributed by atoms with Crippen molar-refractivity contribution in [2.75, 3.05) is 0 Å². The molecule has 0 atom stereocenters. The van der Waals surface area contributed by atoms with Crippen LogP contribution in [0.1, 0.15) is 10.4 Å². The van der Waals surface area contributed by atoms with E-state index in [1.54, 1.807) is 0 Å². The lowest BCUT2D eigenvalue weighted by molar-refractivity contribution is 0.959. The molecule has 0 amide bonds. The zero-order valence-corrected chi connectivity index (χ0v) is 12.2. The fourth-order valence-corrected chi connectivity index (χ4v) is 3.08. The van der Waals surface area contributed by atoms with Crippen molar-refractivity contribution in [3.63, 3.8) is 0 Å². The van der Waals surface area contributed by atoms with E-state index in [0.29, 0.717) is 0 Å². The topological polar surface area (TPSA) is 41.6 Å². The van der Waals surface area contributed by atoms with Gasteiger partial charge in [0, 0.05) is 9.58 Å². The number of aromatic nitrogens is 3. The van der Waals surface area contributed by atoms with Gasteiger partial charge in [-0.15, -0.1) is 11.3 Å². The first kappa shape index (κ1) is 12.8. The highest BCUT2D eigenvalue weighted by molar-refractivity contribution is 7.19. The molecule has 0 aliphatic carbocycles. The van der Waals surface area contributed by atoms with Gasteiger partial charge in [-0.2, -0.15) is 15.4 Å². The summed E-state index contributed by atoms with van der Waals surface area (Å²) in [5, 5.41) is 11.7. The van der Waals surface area contributed by atoms with Gasteiger partial charge in [-0.1, -0.05) is 24.3 Å². The Balaban J connectivity index is 0.000000123. The summed E-state index contributed by atoms with van der Waals surface area (Å²) in [6.45, 7) is 4.29. The monoisotopic (exact) mass is 281 g/mol. The third kappa shape index (κ3) is 2.70. The summed E-state index contributed by atoms with van der Waals surface area (Å²) in [4.78, 5) is 1.39. The van der Waals surface area contributed by atoms with Crippen molar-refractivity contribution in [1.29, 1.82) is 0 Å². The van der Waals surface area contributed by atoms with E-state index in [1.165, 1.54) is 20.5 Å². The Hall–Kier alpha value is -2.20. The number of para-hydroxylation sites is 2. The second kappa shape index (κ2) is 5.43. The SMILES string of the molecule is Cc1ccc2cc(C)sc2c1.c1ccc2n[nH]nc2c1. The van der Waals surface area contributed by atoms with Gasteiger partial charge in [-0.25, -0.2) is 0 Å². The highest BCUT2D eigenvalue weighted by Crippen LogP contribution is 2.25. The third-order valence-corrected chi connectivity index (χ3v) is 4.03. The number of rotatable bonds is 0. The summed E-state index contributed by atoms with van der Waals surface area (Å²) in [6.07, 6.45) is 0. The van der Waals surface area contributed by atoms with E-state index < -0.39 is 0 Å². The first-order chi connectivity index (χ1) is 9.72. The maximum atomic E-state index is 3.88. The fourth-order valence-electron chi connectivity index (χ4n) is 2.06. The number of benzene rings is 2. The van der Waals surface area contributed by atoms with E-state index in [4.69, 9.17) is 0 Å². The summed E-state index contributed by atoms with van der Waals surface area (Å²) < 4.78 is 1.41. The van der Waals surface area contributed by atoms with Gasteiger partial charge in [0.15, 0.2) is 0 Å². The minimum absolute atomic E-state index is 0.914. The lowest BCUT2D eigenvalue weighted by Crippen LogP contribution is -1.66. The molecule has 4 aromatic rings. The number of hydrogen-bond acceptors (Lipinski definition) is 3. The molecule has 0 aliphatic heterocycles. The molecule has 2 heterocycles. The van der Waals surface area contributed by atoms with E-state index in [-0.39, 0.29) is 0 Å². The molecular formula is C16H15N3S. The first-order valence-corrected chi connectivity index (χ1v) is 7.26. The minimum atomic E-state index is 0.914. The molecular weight excluding hydrogens is 266 g/mol. The lowest BCUT2D eigenvalue weighted by Gasteiger charge is -1.89. The van der Waals surface area contributed by atoms with Crippen LogP contribution < -0.4 is 0 Å². The molecule has 0 unspecified atom stereocenters. The standard InChI is InChI=1S/C10H10S.C6H5N3/c1-7-3-4-9-6-8(2)11-10(9)5-7;1-2-4-6-5(3-1)7-9-8-6/h3-6H,1-2H3;1-4H,(H,7,8,9). The lowest BCUT2D eigenvalue weighted by atomic mass is 10.2. The maximum Gasteiger partial charge on any atom is 0.112 e. The zero-order chi connectivity index (χ0) is 13.9. The van der Waals surface area contributed by atoms with Crippen molar-refractivity contribution >= 4 is 32.5 Å². The summed E-state index contributed by atoms with van der Waals surface area (Å²) in [6, 6.07) is 16.5.